The molecule has 21 heavy (non-hydrogen) atoms. The molecule has 5 heteroatoms. The number of halogens is 1. The van der Waals surface area contributed by atoms with E-state index in [9.17, 15) is 9.90 Å². The van der Waals surface area contributed by atoms with Crippen molar-refractivity contribution in [1.82, 2.24) is 9.38 Å². The Morgan fingerprint density at radius 2 is 2.14 bits per heavy atom. The summed E-state index contributed by atoms with van der Waals surface area (Å²) in [6.07, 6.45) is 4.15. The second-order valence-corrected chi connectivity index (χ2v) is 5.76. The zero-order valence-corrected chi connectivity index (χ0v) is 12.7. The van der Waals surface area contributed by atoms with Crippen LogP contribution in [0.1, 0.15) is 17.2 Å². The number of carboxylic acids is 1. The number of carbonyl (C=O) groups is 1. The molecule has 3 aromatic rings. The number of hydrogen-bond donors (Lipinski definition) is 1. The van der Waals surface area contributed by atoms with Crippen molar-refractivity contribution >= 4 is 27.5 Å². The first-order valence-corrected chi connectivity index (χ1v) is 7.33. The zero-order chi connectivity index (χ0) is 14.8. The monoisotopic (exact) mass is 344 g/mol. The summed E-state index contributed by atoms with van der Waals surface area (Å²) in [7, 11) is 0. The predicted octanol–water partition coefficient (Wildman–Crippen LogP) is 3.51. The Hall–Kier alpha value is -2.14. The minimum atomic E-state index is -0.842. The number of rotatable bonds is 4. The minimum Gasteiger partial charge on any atom is -0.481 e. The average molecular weight is 345 g/mol. The molecule has 0 fully saturated rings. The Labute approximate surface area is 130 Å². The van der Waals surface area contributed by atoms with Crippen LogP contribution in [0.3, 0.4) is 0 Å². The number of benzene rings is 1. The van der Waals surface area contributed by atoms with Crippen LogP contribution in [0.25, 0.3) is 5.65 Å². The van der Waals surface area contributed by atoms with Crippen molar-refractivity contribution in [2.45, 2.75) is 12.3 Å². The van der Waals surface area contributed by atoms with Crippen molar-refractivity contribution in [2.24, 2.45) is 0 Å². The quantitative estimate of drug-likeness (QED) is 0.787. The molecule has 0 aliphatic heterocycles. The minimum absolute atomic E-state index is 0.369. The fourth-order valence-corrected chi connectivity index (χ4v) is 2.78. The molecule has 2 aromatic heterocycles. The molecule has 0 aliphatic rings. The van der Waals surface area contributed by atoms with Crippen LogP contribution in [0.15, 0.2) is 59.3 Å². The van der Waals surface area contributed by atoms with Gasteiger partial charge in [-0.1, -0.05) is 34.1 Å². The average Bonchev–Trinajstić information content (AvgIpc) is 2.87. The van der Waals surface area contributed by atoms with Gasteiger partial charge < -0.3 is 9.51 Å². The molecular weight excluding hydrogens is 332 g/mol. The van der Waals surface area contributed by atoms with Crippen molar-refractivity contribution in [3.05, 3.63) is 70.6 Å². The molecule has 1 atom stereocenters. The maximum absolute atomic E-state index is 11.6. The number of aliphatic carboxylic acids is 1. The first-order valence-electron chi connectivity index (χ1n) is 6.54. The molecule has 0 radical (unpaired) electrons. The van der Waals surface area contributed by atoms with Crippen LogP contribution in [0.2, 0.25) is 0 Å². The van der Waals surface area contributed by atoms with Crippen LogP contribution >= 0.6 is 15.9 Å². The lowest BCUT2D eigenvalue weighted by Crippen LogP contribution is -2.14. The van der Waals surface area contributed by atoms with Crippen molar-refractivity contribution in [2.75, 3.05) is 0 Å². The maximum Gasteiger partial charge on any atom is 0.311 e. The number of hydrogen-bond acceptors (Lipinski definition) is 2. The molecule has 3 rings (SSSR count). The zero-order valence-electron chi connectivity index (χ0n) is 11.1. The molecule has 1 unspecified atom stereocenters. The summed E-state index contributed by atoms with van der Waals surface area (Å²) in [5.41, 5.74) is 2.37. The Kier molecular flexibility index (Phi) is 3.75. The highest BCUT2D eigenvalue weighted by Crippen LogP contribution is 2.24. The highest BCUT2D eigenvalue weighted by atomic mass is 79.9. The largest absolute Gasteiger partial charge is 0.481 e. The van der Waals surface area contributed by atoms with Gasteiger partial charge in [-0.05, 0) is 29.8 Å². The Bertz CT molecular complexity index is 765. The normalized spacial score (nSPS) is 12.4. The number of imidazole rings is 1. The van der Waals surface area contributed by atoms with Crippen LogP contribution in [0, 0.1) is 0 Å². The fraction of sp³-hybridized carbons (Fsp3) is 0.125. The van der Waals surface area contributed by atoms with Gasteiger partial charge in [0.05, 0.1) is 11.6 Å². The number of nitrogens with zero attached hydrogens (tertiary/aromatic N) is 2. The van der Waals surface area contributed by atoms with Gasteiger partial charge in [0.1, 0.15) is 5.65 Å². The van der Waals surface area contributed by atoms with E-state index in [0.29, 0.717) is 6.42 Å². The fourth-order valence-electron chi connectivity index (χ4n) is 2.37. The van der Waals surface area contributed by atoms with Gasteiger partial charge in [-0.2, -0.15) is 0 Å². The first-order chi connectivity index (χ1) is 10.1. The van der Waals surface area contributed by atoms with E-state index in [1.165, 1.54) is 0 Å². The second-order valence-electron chi connectivity index (χ2n) is 4.85. The Morgan fingerprint density at radius 1 is 1.29 bits per heavy atom. The third kappa shape index (κ3) is 2.97. The van der Waals surface area contributed by atoms with Crippen LogP contribution in [-0.4, -0.2) is 20.5 Å². The third-order valence-electron chi connectivity index (χ3n) is 3.38. The summed E-state index contributed by atoms with van der Waals surface area (Å²) >= 11 is 3.38. The molecule has 0 spiro atoms. The van der Waals surface area contributed by atoms with Crippen molar-refractivity contribution in [3.63, 3.8) is 0 Å². The summed E-state index contributed by atoms with van der Waals surface area (Å²) in [5, 5.41) is 9.50. The highest BCUT2D eigenvalue weighted by molar-refractivity contribution is 9.10. The van der Waals surface area contributed by atoms with E-state index < -0.39 is 11.9 Å². The molecule has 0 saturated heterocycles. The molecule has 1 aromatic carbocycles. The Balaban J connectivity index is 1.93. The van der Waals surface area contributed by atoms with Crippen LogP contribution in [0.4, 0.5) is 0 Å². The smallest absolute Gasteiger partial charge is 0.311 e. The number of pyridine rings is 1. The first kappa shape index (κ1) is 13.8. The maximum atomic E-state index is 11.6. The summed E-state index contributed by atoms with van der Waals surface area (Å²) < 4.78 is 2.77. The van der Waals surface area contributed by atoms with Crippen LogP contribution in [0.5, 0.6) is 0 Å². The molecule has 0 aliphatic carbocycles. The number of aromatic nitrogens is 2. The standard InChI is InChI=1S/C16H13BrN2O2/c17-12-5-3-4-11(8-12)14(16(20)21)9-13-10-19-7-2-1-6-15(19)18-13/h1-8,10,14H,9H2,(H,20,21). The van der Waals surface area contributed by atoms with E-state index in [1.54, 1.807) is 0 Å². The predicted molar refractivity (Wildman–Crippen MR) is 83.4 cm³/mol. The van der Waals surface area contributed by atoms with Gasteiger partial charge in [0.15, 0.2) is 0 Å². The van der Waals surface area contributed by atoms with Gasteiger partial charge in [-0.25, -0.2) is 4.98 Å². The van der Waals surface area contributed by atoms with E-state index in [1.807, 2.05) is 59.3 Å². The van der Waals surface area contributed by atoms with E-state index in [0.717, 1.165) is 21.4 Å². The van der Waals surface area contributed by atoms with Gasteiger partial charge in [0.25, 0.3) is 0 Å². The molecule has 1 N–H and O–H groups in total. The van der Waals surface area contributed by atoms with E-state index >= 15 is 0 Å². The molecule has 0 saturated carbocycles. The lowest BCUT2D eigenvalue weighted by molar-refractivity contribution is -0.138. The summed E-state index contributed by atoms with van der Waals surface area (Å²) in [4.78, 5) is 16.1. The molecule has 0 amide bonds. The number of carboxylic acid groups (broad SMARTS) is 1. The van der Waals surface area contributed by atoms with Gasteiger partial charge in [0.2, 0.25) is 0 Å². The molecule has 2 heterocycles. The van der Waals surface area contributed by atoms with E-state index in [2.05, 4.69) is 20.9 Å². The van der Waals surface area contributed by atoms with E-state index in [4.69, 9.17) is 0 Å². The van der Waals surface area contributed by atoms with Gasteiger partial charge in [-0.15, -0.1) is 0 Å². The lowest BCUT2D eigenvalue weighted by Gasteiger charge is -2.11. The SMILES string of the molecule is O=C(O)C(Cc1cn2ccccc2n1)c1cccc(Br)c1. The van der Waals surface area contributed by atoms with Crippen LogP contribution in [-0.2, 0) is 11.2 Å². The van der Waals surface area contributed by atoms with Crippen molar-refractivity contribution in [1.29, 1.82) is 0 Å². The van der Waals surface area contributed by atoms with Crippen molar-refractivity contribution in [3.8, 4) is 0 Å². The lowest BCUT2D eigenvalue weighted by atomic mass is 9.95. The topological polar surface area (TPSA) is 54.6 Å². The highest BCUT2D eigenvalue weighted by Gasteiger charge is 2.21. The molecule has 0 bridgehead atoms. The molecular formula is C16H13BrN2O2. The van der Waals surface area contributed by atoms with Crippen LogP contribution < -0.4 is 0 Å². The van der Waals surface area contributed by atoms with Gasteiger partial charge in [-0.3, -0.25) is 4.79 Å². The molecule has 4 nitrogen and oxygen atoms in total. The van der Waals surface area contributed by atoms with Gasteiger partial charge >= 0.3 is 5.97 Å². The summed E-state index contributed by atoms with van der Waals surface area (Å²) in [6, 6.07) is 13.1. The Morgan fingerprint density at radius 3 is 2.86 bits per heavy atom. The van der Waals surface area contributed by atoms with Crippen molar-refractivity contribution < 1.29 is 9.90 Å². The molecule has 106 valence electrons. The third-order valence-corrected chi connectivity index (χ3v) is 3.87. The summed E-state index contributed by atoms with van der Waals surface area (Å²) in [6.45, 7) is 0. The second kappa shape index (κ2) is 5.69. The van der Waals surface area contributed by atoms with Gasteiger partial charge in [0, 0.05) is 23.3 Å². The summed E-state index contributed by atoms with van der Waals surface area (Å²) in [5.74, 6) is -1.45. The number of fused-ring (bicyclic) bond motifs is 1. The van der Waals surface area contributed by atoms with E-state index in [-0.39, 0.29) is 0 Å².